The van der Waals surface area contributed by atoms with Gasteiger partial charge in [-0.3, -0.25) is 4.90 Å². The second-order valence-corrected chi connectivity index (χ2v) is 4.92. The third kappa shape index (κ3) is 2.63. The molecular weight excluding hydrogens is 264 g/mol. The molecule has 1 aromatic heterocycles. The average molecular weight is 280 g/mol. The molecule has 1 amide bonds. The molecule has 0 bridgehead atoms. The van der Waals surface area contributed by atoms with Crippen LogP contribution in [0.4, 0.5) is 16.3 Å². The molecule has 0 radical (unpaired) electrons. The monoisotopic (exact) mass is 280 g/mol. The van der Waals surface area contributed by atoms with E-state index >= 15 is 0 Å². The maximum atomic E-state index is 11.2. The van der Waals surface area contributed by atoms with Crippen LogP contribution in [-0.2, 0) is 0 Å². The van der Waals surface area contributed by atoms with Gasteiger partial charge < -0.3 is 20.1 Å². The third-order valence-corrected chi connectivity index (χ3v) is 3.42. The van der Waals surface area contributed by atoms with E-state index < -0.39 is 11.0 Å². The van der Waals surface area contributed by atoms with E-state index in [1.54, 1.807) is 6.07 Å². The van der Waals surface area contributed by atoms with Gasteiger partial charge in [0.05, 0.1) is 17.8 Å². The summed E-state index contributed by atoms with van der Waals surface area (Å²) < 4.78 is 0. The molecule has 1 aromatic rings. The summed E-state index contributed by atoms with van der Waals surface area (Å²) in [5.74, 6) is -0.195. The van der Waals surface area contributed by atoms with Crippen LogP contribution in [-0.4, -0.2) is 51.2 Å². The van der Waals surface area contributed by atoms with Crippen molar-refractivity contribution < 1.29 is 14.8 Å². The van der Waals surface area contributed by atoms with Crippen molar-refractivity contribution in [2.24, 2.45) is 0 Å². The van der Waals surface area contributed by atoms with Crippen molar-refractivity contribution in [2.45, 2.75) is 25.9 Å². The summed E-state index contributed by atoms with van der Waals surface area (Å²) in [5, 5.41) is 19.7. The molecule has 0 unspecified atom stereocenters. The number of piperazine rings is 1. The van der Waals surface area contributed by atoms with Crippen LogP contribution in [0.5, 0.6) is 0 Å². The van der Waals surface area contributed by atoms with E-state index in [0.29, 0.717) is 13.1 Å². The molecule has 2 rings (SSSR count). The largest absolute Gasteiger partial charge is 0.465 e. The van der Waals surface area contributed by atoms with E-state index in [4.69, 9.17) is 5.11 Å². The number of rotatable bonds is 2. The van der Waals surface area contributed by atoms with Crippen molar-refractivity contribution in [3.8, 4) is 0 Å². The van der Waals surface area contributed by atoms with Gasteiger partial charge >= 0.3 is 11.9 Å². The number of pyridine rings is 1. The predicted molar refractivity (Wildman–Crippen MR) is 71.9 cm³/mol. The Morgan fingerprint density at radius 1 is 1.40 bits per heavy atom. The molecule has 1 N–H and O–H groups in total. The Balaban J connectivity index is 2.15. The maximum absolute atomic E-state index is 11.2. The Morgan fingerprint density at radius 3 is 2.40 bits per heavy atom. The first-order valence-corrected chi connectivity index (χ1v) is 6.26. The van der Waals surface area contributed by atoms with Gasteiger partial charge in [0, 0.05) is 19.2 Å². The quantitative estimate of drug-likeness (QED) is 0.652. The number of nitro groups is 1. The zero-order chi connectivity index (χ0) is 14.9. The van der Waals surface area contributed by atoms with Crippen LogP contribution in [0.25, 0.3) is 0 Å². The van der Waals surface area contributed by atoms with Crippen LogP contribution < -0.4 is 4.90 Å². The molecule has 0 aliphatic carbocycles. The number of anilines is 1. The van der Waals surface area contributed by atoms with Crippen LogP contribution in [0, 0.1) is 10.1 Å². The molecule has 0 spiro atoms. The number of carbonyl (C=O) groups is 1. The summed E-state index contributed by atoms with van der Waals surface area (Å²) in [7, 11) is 0. The zero-order valence-corrected chi connectivity index (χ0v) is 11.3. The Morgan fingerprint density at radius 2 is 2.00 bits per heavy atom. The van der Waals surface area contributed by atoms with Crippen molar-refractivity contribution in [3.63, 3.8) is 0 Å². The van der Waals surface area contributed by atoms with Crippen molar-refractivity contribution >= 4 is 17.6 Å². The van der Waals surface area contributed by atoms with Crippen LogP contribution >= 0.6 is 0 Å². The highest BCUT2D eigenvalue weighted by Crippen LogP contribution is 2.23. The average Bonchev–Trinajstić information content (AvgIpc) is 2.37. The summed E-state index contributed by atoms with van der Waals surface area (Å²) >= 11 is 0. The molecule has 8 nitrogen and oxygen atoms in total. The smallest absolute Gasteiger partial charge is 0.407 e. The molecule has 1 aliphatic heterocycles. The number of hydrogen-bond donors (Lipinski definition) is 1. The minimum Gasteiger partial charge on any atom is -0.465 e. The van der Waals surface area contributed by atoms with Crippen molar-refractivity contribution in [1.29, 1.82) is 0 Å². The highest BCUT2D eigenvalue weighted by Gasteiger charge is 2.33. The second kappa shape index (κ2) is 5.32. The lowest BCUT2D eigenvalue weighted by Crippen LogP contribution is -2.58. The van der Waals surface area contributed by atoms with Gasteiger partial charge in [0.2, 0.25) is 0 Å². The minimum absolute atomic E-state index is 0.147. The molecule has 1 aliphatic rings. The number of hydrogen-bond acceptors (Lipinski definition) is 5. The molecule has 1 saturated heterocycles. The van der Waals surface area contributed by atoms with Gasteiger partial charge in [-0.25, -0.2) is 4.79 Å². The van der Waals surface area contributed by atoms with E-state index in [2.05, 4.69) is 4.98 Å². The van der Waals surface area contributed by atoms with Crippen molar-refractivity contribution in [1.82, 2.24) is 9.88 Å². The molecule has 8 heteroatoms. The summed E-state index contributed by atoms with van der Waals surface area (Å²) in [5.41, 5.74) is 0.763. The van der Waals surface area contributed by atoms with E-state index in [1.165, 1.54) is 17.2 Å². The van der Waals surface area contributed by atoms with Gasteiger partial charge in [-0.05, 0) is 29.8 Å². The zero-order valence-electron chi connectivity index (χ0n) is 11.3. The van der Waals surface area contributed by atoms with E-state index in [9.17, 15) is 14.9 Å². The van der Waals surface area contributed by atoms with E-state index in [-0.39, 0.29) is 17.9 Å². The van der Waals surface area contributed by atoms with Crippen LogP contribution in [0.1, 0.15) is 13.8 Å². The second-order valence-electron chi connectivity index (χ2n) is 4.92. The lowest BCUT2D eigenvalue weighted by molar-refractivity contribution is -0.389. The van der Waals surface area contributed by atoms with Gasteiger partial charge in [0.25, 0.3) is 0 Å². The molecule has 0 aromatic carbocycles. The van der Waals surface area contributed by atoms with Crippen molar-refractivity contribution in [3.05, 3.63) is 28.4 Å². The standard InChI is InChI=1S/C12H16N4O4/c1-8-6-14(7-9(2)15(8)12(17)18)10-3-4-11(13-5-10)16(19)20/h3-5,8-9H,6-7H2,1-2H3,(H,17,18)/t8-,9+. The van der Waals surface area contributed by atoms with Crippen LogP contribution in [0.15, 0.2) is 18.3 Å². The summed E-state index contributed by atoms with van der Waals surface area (Å²) in [6.07, 6.45) is 0.528. The normalized spacial score (nSPS) is 22.7. The molecule has 2 atom stereocenters. The molecule has 2 heterocycles. The fourth-order valence-electron chi connectivity index (χ4n) is 2.58. The van der Waals surface area contributed by atoms with E-state index in [1.807, 2.05) is 18.7 Å². The maximum Gasteiger partial charge on any atom is 0.407 e. The topological polar surface area (TPSA) is 99.8 Å². The summed E-state index contributed by atoms with van der Waals surface area (Å²) in [6, 6.07) is 2.70. The Bertz CT molecular complexity index is 507. The van der Waals surface area contributed by atoms with Gasteiger partial charge in [0.1, 0.15) is 0 Å². The predicted octanol–water partition coefficient (Wildman–Crippen LogP) is 1.57. The molecule has 1 fully saturated rings. The molecule has 108 valence electrons. The van der Waals surface area contributed by atoms with Gasteiger partial charge in [0.15, 0.2) is 6.20 Å². The third-order valence-electron chi connectivity index (χ3n) is 3.42. The van der Waals surface area contributed by atoms with Gasteiger partial charge in [-0.2, -0.15) is 0 Å². The first-order chi connectivity index (χ1) is 9.40. The Hall–Kier alpha value is -2.38. The van der Waals surface area contributed by atoms with Gasteiger partial charge in [-0.1, -0.05) is 0 Å². The Kier molecular flexibility index (Phi) is 3.73. The number of carboxylic acid groups (broad SMARTS) is 1. The van der Waals surface area contributed by atoms with E-state index in [0.717, 1.165) is 5.69 Å². The fraction of sp³-hybridized carbons (Fsp3) is 0.500. The lowest BCUT2D eigenvalue weighted by atomic mass is 10.1. The van der Waals surface area contributed by atoms with Crippen LogP contribution in [0.3, 0.4) is 0 Å². The lowest BCUT2D eigenvalue weighted by Gasteiger charge is -2.43. The number of amides is 1. The van der Waals surface area contributed by atoms with Crippen molar-refractivity contribution in [2.75, 3.05) is 18.0 Å². The minimum atomic E-state index is -0.925. The SMILES string of the molecule is C[C@@H]1CN(c2ccc([N+](=O)[O-])nc2)C[C@H](C)N1C(=O)O. The summed E-state index contributed by atoms with van der Waals surface area (Å²) in [4.78, 5) is 28.4. The first kappa shape index (κ1) is 14.0. The van der Waals surface area contributed by atoms with Gasteiger partial charge in [-0.15, -0.1) is 0 Å². The molecular formula is C12H16N4O4. The fourth-order valence-corrected chi connectivity index (χ4v) is 2.58. The highest BCUT2D eigenvalue weighted by atomic mass is 16.6. The summed E-state index contributed by atoms with van der Waals surface area (Å²) in [6.45, 7) is 4.76. The molecule has 20 heavy (non-hydrogen) atoms. The highest BCUT2D eigenvalue weighted by molar-refractivity contribution is 5.66. The number of aromatic nitrogens is 1. The first-order valence-electron chi connectivity index (χ1n) is 6.26. The Labute approximate surface area is 115 Å². The molecule has 0 saturated carbocycles. The van der Waals surface area contributed by atoms with Crippen LogP contribution in [0.2, 0.25) is 0 Å². The number of nitrogens with zero attached hydrogens (tertiary/aromatic N) is 4.